The first kappa shape index (κ1) is 15.8. The number of amides is 1. The molecule has 1 saturated heterocycles. The van der Waals surface area contributed by atoms with E-state index in [-0.39, 0.29) is 17.9 Å². The van der Waals surface area contributed by atoms with Gasteiger partial charge in [-0.3, -0.25) is 9.48 Å². The van der Waals surface area contributed by atoms with Crippen LogP contribution >= 0.6 is 0 Å². The van der Waals surface area contributed by atoms with E-state index in [2.05, 4.69) is 20.4 Å². The van der Waals surface area contributed by atoms with Gasteiger partial charge in [0, 0.05) is 38.5 Å². The van der Waals surface area contributed by atoms with Crippen LogP contribution in [-0.2, 0) is 23.6 Å². The number of anilines is 1. The van der Waals surface area contributed by atoms with E-state index < -0.39 is 0 Å². The quantitative estimate of drug-likeness (QED) is 0.784. The molecular formula is C17H20N6O2. The van der Waals surface area contributed by atoms with Crippen molar-refractivity contribution in [3.05, 3.63) is 36.2 Å². The molecule has 2 atom stereocenters. The Morgan fingerprint density at radius 2 is 2.20 bits per heavy atom. The van der Waals surface area contributed by atoms with E-state index in [0.717, 1.165) is 22.6 Å². The number of pyridine rings is 1. The molecule has 130 valence electrons. The van der Waals surface area contributed by atoms with E-state index in [4.69, 9.17) is 4.74 Å². The molecule has 1 N–H and O–H groups in total. The van der Waals surface area contributed by atoms with E-state index in [1.54, 1.807) is 17.1 Å². The summed E-state index contributed by atoms with van der Waals surface area (Å²) in [5.41, 5.74) is 2.35. The number of carbonyl (C=O) groups is 1. The number of hydrogen-bond acceptors (Lipinski definition) is 5. The number of rotatable bonds is 3. The number of fused-ring (bicyclic) bond motifs is 1. The van der Waals surface area contributed by atoms with E-state index in [9.17, 15) is 4.79 Å². The number of nitrogens with zero attached hydrogens (tertiary/aromatic N) is 5. The minimum atomic E-state index is -0.322. The molecule has 0 radical (unpaired) electrons. The SMILES string of the molecule is Cc1nn(C)c2ncc(NC(=O)[C@@H]3CCO[C@H]3c3nccn3C)cc12. The van der Waals surface area contributed by atoms with Gasteiger partial charge >= 0.3 is 0 Å². The lowest BCUT2D eigenvalue weighted by molar-refractivity contribution is -0.121. The third kappa shape index (κ3) is 2.68. The number of aryl methyl sites for hydroxylation is 3. The first-order chi connectivity index (χ1) is 12.0. The Balaban J connectivity index is 1.57. The molecule has 0 aliphatic carbocycles. The Morgan fingerprint density at radius 1 is 1.36 bits per heavy atom. The van der Waals surface area contributed by atoms with Gasteiger partial charge in [0.1, 0.15) is 11.9 Å². The lowest BCUT2D eigenvalue weighted by atomic mass is 9.99. The maximum Gasteiger partial charge on any atom is 0.230 e. The Bertz CT molecular complexity index is 944. The van der Waals surface area contributed by atoms with E-state index in [1.165, 1.54) is 0 Å². The highest BCUT2D eigenvalue weighted by Gasteiger charge is 2.37. The van der Waals surface area contributed by atoms with Gasteiger partial charge < -0.3 is 14.6 Å². The molecule has 1 amide bonds. The molecule has 0 spiro atoms. The first-order valence-electron chi connectivity index (χ1n) is 8.23. The summed E-state index contributed by atoms with van der Waals surface area (Å²) >= 11 is 0. The van der Waals surface area contributed by atoms with Crippen molar-refractivity contribution in [2.45, 2.75) is 19.4 Å². The van der Waals surface area contributed by atoms with Crippen molar-refractivity contribution in [2.24, 2.45) is 20.0 Å². The van der Waals surface area contributed by atoms with Gasteiger partial charge in [-0.25, -0.2) is 9.97 Å². The van der Waals surface area contributed by atoms with Crippen LogP contribution in [0.2, 0.25) is 0 Å². The summed E-state index contributed by atoms with van der Waals surface area (Å²) in [6, 6.07) is 1.91. The van der Waals surface area contributed by atoms with Gasteiger partial charge in [-0.15, -0.1) is 0 Å². The van der Waals surface area contributed by atoms with Crippen LogP contribution in [0.5, 0.6) is 0 Å². The molecule has 4 heterocycles. The molecule has 1 aliphatic heterocycles. The highest BCUT2D eigenvalue weighted by atomic mass is 16.5. The summed E-state index contributed by atoms with van der Waals surface area (Å²) in [5.74, 6) is 0.425. The van der Waals surface area contributed by atoms with Gasteiger partial charge in [0.05, 0.1) is 23.5 Å². The summed E-state index contributed by atoms with van der Waals surface area (Å²) in [6.45, 7) is 2.48. The smallest absolute Gasteiger partial charge is 0.230 e. The zero-order valence-electron chi connectivity index (χ0n) is 14.4. The molecule has 4 rings (SSSR count). The van der Waals surface area contributed by atoms with Crippen LogP contribution < -0.4 is 5.32 Å². The molecule has 3 aromatic heterocycles. The Kier molecular flexibility index (Phi) is 3.76. The van der Waals surface area contributed by atoms with Crippen molar-refractivity contribution in [1.82, 2.24) is 24.3 Å². The van der Waals surface area contributed by atoms with Gasteiger partial charge in [0.25, 0.3) is 0 Å². The Morgan fingerprint density at radius 3 is 2.96 bits per heavy atom. The molecular weight excluding hydrogens is 320 g/mol. The van der Waals surface area contributed by atoms with Crippen molar-refractivity contribution in [3.63, 3.8) is 0 Å². The van der Waals surface area contributed by atoms with E-state index >= 15 is 0 Å². The van der Waals surface area contributed by atoms with Crippen LogP contribution in [-0.4, -0.2) is 36.8 Å². The minimum Gasteiger partial charge on any atom is -0.369 e. The van der Waals surface area contributed by atoms with Crippen LogP contribution in [0.15, 0.2) is 24.7 Å². The second kappa shape index (κ2) is 5.96. The van der Waals surface area contributed by atoms with Crippen molar-refractivity contribution < 1.29 is 9.53 Å². The Labute approximate surface area is 144 Å². The lowest BCUT2D eigenvalue weighted by Gasteiger charge is -2.18. The predicted molar refractivity (Wildman–Crippen MR) is 91.9 cm³/mol. The molecule has 8 heteroatoms. The molecule has 8 nitrogen and oxygen atoms in total. The molecule has 0 bridgehead atoms. The van der Waals surface area contributed by atoms with E-state index in [1.807, 2.05) is 37.8 Å². The second-order valence-corrected chi connectivity index (χ2v) is 6.38. The van der Waals surface area contributed by atoms with Gasteiger partial charge in [-0.05, 0) is 19.4 Å². The summed E-state index contributed by atoms with van der Waals surface area (Å²) in [4.78, 5) is 21.5. The second-order valence-electron chi connectivity index (χ2n) is 6.38. The summed E-state index contributed by atoms with van der Waals surface area (Å²) in [5, 5.41) is 8.26. The molecule has 25 heavy (non-hydrogen) atoms. The molecule has 1 fully saturated rings. The number of aromatic nitrogens is 5. The average Bonchev–Trinajstić information content (AvgIpc) is 3.28. The van der Waals surface area contributed by atoms with Gasteiger partial charge in [0.2, 0.25) is 5.91 Å². The highest BCUT2D eigenvalue weighted by molar-refractivity contribution is 5.95. The van der Waals surface area contributed by atoms with Gasteiger partial charge in [0.15, 0.2) is 5.65 Å². The largest absolute Gasteiger partial charge is 0.369 e. The maximum absolute atomic E-state index is 12.8. The van der Waals surface area contributed by atoms with Crippen LogP contribution in [0.4, 0.5) is 5.69 Å². The first-order valence-corrected chi connectivity index (χ1v) is 8.23. The van der Waals surface area contributed by atoms with Crippen LogP contribution in [0, 0.1) is 12.8 Å². The lowest BCUT2D eigenvalue weighted by Crippen LogP contribution is -2.26. The summed E-state index contributed by atoms with van der Waals surface area (Å²) < 4.78 is 9.40. The average molecular weight is 340 g/mol. The zero-order valence-corrected chi connectivity index (χ0v) is 14.4. The number of hydrogen-bond donors (Lipinski definition) is 1. The third-order valence-corrected chi connectivity index (χ3v) is 4.67. The normalized spacial score (nSPS) is 20.3. The fourth-order valence-corrected chi connectivity index (χ4v) is 3.38. The zero-order chi connectivity index (χ0) is 17.6. The fraction of sp³-hybridized carbons (Fsp3) is 0.412. The summed E-state index contributed by atoms with van der Waals surface area (Å²) in [6.07, 6.45) is 5.58. The molecule has 0 unspecified atom stereocenters. The van der Waals surface area contributed by atoms with Crippen molar-refractivity contribution >= 4 is 22.6 Å². The van der Waals surface area contributed by atoms with Gasteiger partial charge in [-0.2, -0.15) is 5.10 Å². The van der Waals surface area contributed by atoms with Crippen molar-refractivity contribution in [2.75, 3.05) is 11.9 Å². The number of ether oxygens (including phenoxy) is 1. The third-order valence-electron chi connectivity index (χ3n) is 4.67. The molecule has 0 aromatic carbocycles. The van der Waals surface area contributed by atoms with Crippen LogP contribution in [0.25, 0.3) is 11.0 Å². The summed E-state index contributed by atoms with van der Waals surface area (Å²) in [7, 11) is 3.76. The molecule has 0 saturated carbocycles. The standard InChI is InChI=1S/C17H20N6O2/c1-10-13-8-11(9-19-15(13)23(3)21-10)20-17(24)12-4-7-25-14(12)16-18-5-6-22(16)2/h5-6,8-9,12,14H,4,7H2,1-3H3,(H,20,24)/t12-,14-/m1/s1. The van der Waals surface area contributed by atoms with E-state index in [0.29, 0.717) is 18.7 Å². The minimum absolute atomic E-state index is 0.0757. The number of carbonyl (C=O) groups excluding carboxylic acids is 1. The van der Waals surface area contributed by atoms with Gasteiger partial charge in [-0.1, -0.05) is 0 Å². The topological polar surface area (TPSA) is 86.9 Å². The maximum atomic E-state index is 12.8. The van der Waals surface area contributed by atoms with Crippen molar-refractivity contribution in [1.29, 1.82) is 0 Å². The number of nitrogens with one attached hydrogen (secondary N) is 1. The van der Waals surface area contributed by atoms with Crippen molar-refractivity contribution in [3.8, 4) is 0 Å². The molecule has 1 aliphatic rings. The van der Waals surface area contributed by atoms with Crippen LogP contribution in [0.1, 0.15) is 24.0 Å². The predicted octanol–water partition coefficient (Wildman–Crippen LogP) is 1.73. The monoisotopic (exact) mass is 340 g/mol. The Hall–Kier alpha value is -2.74. The molecule has 3 aromatic rings. The van der Waals surface area contributed by atoms with Crippen LogP contribution in [0.3, 0.4) is 0 Å². The number of imidazole rings is 1. The highest BCUT2D eigenvalue weighted by Crippen LogP contribution is 2.34. The fourth-order valence-electron chi connectivity index (χ4n) is 3.38.